The van der Waals surface area contributed by atoms with Gasteiger partial charge in [0.1, 0.15) is 0 Å². The van der Waals surface area contributed by atoms with E-state index in [1.165, 1.54) is 12.0 Å². The SMILES string of the molecule is CCCCOCCC(CCl)c1ccccc1. The maximum Gasteiger partial charge on any atom is 0.0472 e. The van der Waals surface area contributed by atoms with E-state index in [4.69, 9.17) is 16.3 Å². The Morgan fingerprint density at radius 3 is 2.56 bits per heavy atom. The van der Waals surface area contributed by atoms with E-state index in [0.717, 1.165) is 26.1 Å². The predicted molar refractivity (Wildman–Crippen MR) is 70.2 cm³/mol. The standard InChI is InChI=1S/C14H21ClO/c1-2-3-10-16-11-9-14(12-15)13-7-5-4-6-8-13/h4-8,14H,2-3,9-12H2,1H3. The summed E-state index contributed by atoms with van der Waals surface area (Å²) in [7, 11) is 0. The van der Waals surface area contributed by atoms with Crippen molar-refractivity contribution in [1.29, 1.82) is 0 Å². The Morgan fingerprint density at radius 2 is 1.94 bits per heavy atom. The molecule has 0 heterocycles. The normalized spacial score (nSPS) is 12.6. The van der Waals surface area contributed by atoms with E-state index in [9.17, 15) is 0 Å². The van der Waals surface area contributed by atoms with Crippen LogP contribution in [0.25, 0.3) is 0 Å². The molecule has 0 amide bonds. The molecule has 1 aromatic rings. The molecule has 1 nitrogen and oxygen atoms in total. The lowest BCUT2D eigenvalue weighted by atomic mass is 9.98. The molecule has 1 unspecified atom stereocenters. The maximum absolute atomic E-state index is 5.99. The highest BCUT2D eigenvalue weighted by Crippen LogP contribution is 2.20. The molecule has 1 aromatic carbocycles. The molecule has 0 aliphatic carbocycles. The smallest absolute Gasteiger partial charge is 0.0472 e. The molecule has 0 radical (unpaired) electrons. The van der Waals surface area contributed by atoms with Gasteiger partial charge in [-0.1, -0.05) is 43.7 Å². The fourth-order valence-corrected chi connectivity index (χ4v) is 1.96. The van der Waals surface area contributed by atoms with Gasteiger partial charge in [-0.15, -0.1) is 11.6 Å². The van der Waals surface area contributed by atoms with E-state index in [1.54, 1.807) is 0 Å². The zero-order chi connectivity index (χ0) is 11.6. The average molecular weight is 241 g/mol. The van der Waals surface area contributed by atoms with Crippen LogP contribution in [0.2, 0.25) is 0 Å². The van der Waals surface area contributed by atoms with Crippen LogP contribution in [0.3, 0.4) is 0 Å². The molecule has 0 spiro atoms. The van der Waals surface area contributed by atoms with Crippen LogP contribution < -0.4 is 0 Å². The summed E-state index contributed by atoms with van der Waals surface area (Å²) in [6, 6.07) is 10.4. The van der Waals surface area contributed by atoms with E-state index in [0.29, 0.717) is 11.8 Å². The van der Waals surface area contributed by atoms with Crippen LogP contribution in [0.1, 0.15) is 37.7 Å². The van der Waals surface area contributed by atoms with Gasteiger partial charge in [-0.05, 0) is 24.3 Å². The molecule has 0 fully saturated rings. The summed E-state index contributed by atoms with van der Waals surface area (Å²) >= 11 is 5.99. The van der Waals surface area contributed by atoms with Gasteiger partial charge in [0.25, 0.3) is 0 Å². The molecule has 0 aliphatic heterocycles. The van der Waals surface area contributed by atoms with E-state index in [-0.39, 0.29) is 0 Å². The molecule has 1 rings (SSSR count). The van der Waals surface area contributed by atoms with Crippen molar-refractivity contribution >= 4 is 11.6 Å². The molecule has 1 atom stereocenters. The lowest BCUT2D eigenvalue weighted by molar-refractivity contribution is 0.125. The minimum atomic E-state index is 0.421. The van der Waals surface area contributed by atoms with Gasteiger partial charge < -0.3 is 4.74 Å². The van der Waals surface area contributed by atoms with Gasteiger partial charge in [-0.2, -0.15) is 0 Å². The summed E-state index contributed by atoms with van der Waals surface area (Å²) in [4.78, 5) is 0. The third-order valence-corrected chi connectivity index (χ3v) is 3.08. The minimum absolute atomic E-state index is 0.421. The summed E-state index contributed by atoms with van der Waals surface area (Å²) in [6.07, 6.45) is 3.35. The monoisotopic (exact) mass is 240 g/mol. The number of ether oxygens (including phenoxy) is 1. The molecule has 0 aromatic heterocycles. The third-order valence-electron chi connectivity index (χ3n) is 2.71. The summed E-state index contributed by atoms with van der Waals surface area (Å²) in [6.45, 7) is 3.86. The molecular formula is C14H21ClO. The van der Waals surface area contributed by atoms with Crippen molar-refractivity contribution in [3.8, 4) is 0 Å². The van der Waals surface area contributed by atoms with Crippen LogP contribution >= 0.6 is 11.6 Å². The Labute approximate surface area is 104 Å². The highest BCUT2D eigenvalue weighted by molar-refractivity contribution is 6.18. The van der Waals surface area contributed by atoms with Crippen LogP contribution in [0.5, 0.6) is 0 Å². The predicted octanol–water partition coefficient (Wildman–Crippen LogP) is 4.22. The number of halogens is 1. The molecule has 16 heavy (non-hydrogen) atoms. The number of hydrogen-bond donors (Lipinski definition) is 0. The maximum atomic E-state index is 5.99. The molecule has 0 N–H and O–H groups in total. The van der Waals surface area contributed by atoms with E-state index >= 15 is 0 Å². The van der Waals surface area contributed by atoms with Gasteiger partial charge in [0.2, 0.25) is 0 Å². The number of benzene rings is 1. The lowest BCUT2D eigenvalue weighted by Crippen LogP contribution is -2.06. The number of rotatable bonds is 8. The fourth-order valence-electron chi connectivity index (χ4n) is 1.63. The summed E-state index contributed by atoms with van der Waals surface area (Å²) in [5, 5.41) is 0. The van der Waals surface area contributed by atoms with Crippen LogP contribution in [0.4, 0.5) is 0 Å². The topological polar surface area (TPSA) is 9.23 Å². The van der Waals surface area contributed by atoms with Crippen molar-refractivity contribution in [2.24, 2.45) is 0 Å². The summed E-state index contributed by atoms with van der Waals surface area (Å²) in [5.41, 5.74) is 1.32. The zero-order valence-corrected chi connectivity index (χ0v) is 10.7. The third kappa shape index (κ3) is 5.00. The van der Waals surface area contributed by atoms with Crippen molar-refractivity contribution in [3.63, 3.8) is 0 Å². The van der Waals surface area contributed by atoms with Crippen molar-refractivity contribution < 1.29 is 4.74 Å². The first-order chi connectivity index (χ1) is 7.88. The van der Waals surface area contributed by atoms with Gasteiger partial charge in [0.05, 0.1) is 0 Å². The molecular weight excluding hydrogens is 220 g/mol. The average Bonchev–Trinajstić information content (AvgIpc) is 2.35. The van der Waals surface area contributed by atoms with Crippen molar-refractivity contribution in [3.05, 3.63) is 35.9 Å². The van der Waals surface area contributed by atoms with Crippen molar-refractivity contribution in [2.45, 2.75) is 32.1 Å². The van der Waals surface area contributed by atoms with E-state index < -0.39 is 0 Å². The second-order valence-corrected chi connectivity index (χ2v) is 4.33. The minimum Gasteiger partial charge on any atom is -0.381 e. The summed E-state index contributed by atoms with van der Waals surface area (Å²) < 4.78 is 5.57. The first-order valence-corrected chi connectivity index (χ1v) is 6.60. The quantitative estimate of drug-likeness (QED) is 0.489. The Morgan fingerprint density at radius 1 is 1.19 bits per heavy atom. The Kier molecular flexibility index (Phi) is 7.28. The molecule has 0 saturated heterocycles. The number of hydrogen-bond acceptors (Lipinski definition) is 1. The molecule has 0 aliphatic rings. The second kappa shape index (κ2) is 8.60. The lowest BCUT2D eigenvalue weighted by Gasteiger charge is -2.14. The highest BCUT2D eigenvalue weighted by atomic mass is 35.5. The molecule has 0 bridgehead atoms. The van der Waals surface area contributed by atoms with Gasteiger partial charge in [0.15, 0.2) is 0 Å². The Hall–Kier alpha value is -0.530. The van der Waals surface area contributed by atoms with Crippen LogP contribution in [-0.4, -0.2) is 19.1 Å². The van der Waals surface area contributed by atoms with Gasteiger partial charge in [-0.25, -0.2) is 0 Å². The molecule has 2 heteroatoms. The Balaban J connectivity index is 2.27. The zero-order valence-electron chi connectivity index (χ0n) is 9.99. The van der Waals surface area contributed by atoms with E-state index in [1.807, 2.05) is 6.07 Å². The van der Waals surface area contributed by atoms with Crippen molar-refractivity contribution in [2.75, 3.05) is 19.1 Å². The van der Waals surface area contributed by atoms with Gasteiger partial charge >= 0.3 is 0 Å². The largest absolute Gasteiger partial charge is 0.381 e. The first kappa shape index (κ1) is 13.5. The van der Waals surface area contributed by atoms with Crippen LogP contribution in [0.15, 0.2) is 30.3 Å². The fraction of sp³-hybridized carbons (Fsp3) is 0.571. The van der Waals surface area contributed by atoms with Gasteiger partial charge in [-0.3, -0.25) is 0 Å². The number of alkyl halides is 1. The number of unbranched alkanes of at least 4 members (excludes halogenated alkanes) is 1. The van der Waals surface area contributed by atoms with E-state index in [2.05, 4.69) is 31.2 Å². The molecule has 0 saturated carbocycles. The Bertz CT molecular complexity index is 261. The van der Waals surface area contributed by atoms with Crippen LogP contribution in [-0.2, 0) is 4.74 Å². The van der Waals surface area contributed by atoms with Crippen LogP contribution in [0, 0.1) is 0 Å². The van der Waals surface area contributed by atoms with Gasteiger partial charge in [0, 0.05) is 19.1 Å². The summed E-state index contributed by atoms with van der Waals surface area (Å²) in [5.74, 6) is 1.09. The second-order valence-electron chi connectivity index (χ2n) is 4.02. The van der Waals surface area contributed by atoms with Crippen molar-refractivity contribution in [1.82, 2.24) is 0 Å². The molecule has 90 valence electrons. The first-order valence-electron chi connectivity index (χ1n) is 6.07. The highest BCUT2D eigenvalue weighted by Gasteiger charge is 2.09.